The molecule has 96 valence electrons. The van der Waals surface area contributed by atoms with E-state index >= 15 is 0 Å². The molecule has 0 aliphatic heterocycles. The summed E-state index contributed by atoms with van der Waals surface area (Å²) in [6, 6.07) is 0. The van der Waals surface area contributed by atoms with E-state index in [1.165, 1.54) is 16.8 Å². The van der Waals surface area contributed by atoms with Crippen LogP contribution in [0.4, 0.5) is 5.13 Å². The lowest BCUT2D eigenvalue weighted by molar-refractivity contribution is -0.148. The predicted molar refractivity (Wildman–Crippen MR) is 64.0 cm³/mol. The van der Waals surface area contributed by atoms with Crippen LogP contribution in [0.3, 0.4) is 0 Å². The van der Waals surface area contributed by atoms with E-state index in [0.29, 0.717) is 5.13 Å². The van der Waals surface area contributed by atoms with Gasteiger partial charge in [-0.1, -0.05) is 11.3 Å². The van der Waals surface area contributed by atoms with E-state index in [4.69, 9.17) is 0 Å². The van der Waals surface area contributed by atoms with Crippen molar-refractivity contribution in [3.8, 4) is 0 Å². The summed E-state index contributed by atoms with van der Waals surface area (Å²) < 4.78 is 0. The van der Waals surface area contributed by atoms with Crippen LogP contribution in [0.2, 0.25) is 0 Å². The molecule has 4 atom stereocenters. The first-order valence-electron chi connectivity index (χ1n) is 5.96. The molecule has 3 rings (SSSR count). The predicted octanol–water partition coefficient (Wildman–Crippen LogP) is 1.22. The van der Waals surface area contributed by atoms with Crippen LogP contribution < -0.4 is 5.32 Å². The fourth-order valence-electron chi connectivity index (χ4n) is 3.44. The molecule has 1 amide bonds. The molecule has 0 aromatic carbocycles. The summed E-state index contributed by atoms with van der Waals surface area (Å²) in [6.07, 6.45) is 2.76. The lowest BCUT2D eigenvalue weighted by Gasteiger charge is -2.26. The summed E-state index contributed by atoms with van der Waals surface area (Å²) in [5.41, 5.74) is 1.53. The standard InChI is InChI=1S/C11H13N3O3S/c15-9(13-11-14-12-4-18-11)7-5-1-2-6(3-5)8(7)10(16)17/h4-8H,1-3H2,(H,16,17)(H,13,14,15)/t5-,6+,7-,8-/m0/s1. The Hall–Kier alpha value is -1.50. The minimum Gasteiger partial charge on any atom is -0.481 e. The topological polar surface area (TPSA) is 92.2 Å². The highest BCUT2D eigenvalue weighted by atomic mass is 32.1. The molecule has 2 aliphatic carbocycles. The first kappa shape index (κ1) is 11.6. The van der Waals surface area contributed by atoms with E-state index in [2.05, 4.69) is 15.5 Å². The molecule has 1 aromatic heterocycles. The van der Waals surface area contributed by atoms with Crippen LogP contribution in [-0.4, -0.2) is 27.2 Å². The number of anilines is 1. The molecule has 0 spiro atoms. The summed E-state index contributed by atoms with van der Waals surface area (Å²) in [7, 11) is 0. The van der Waals surface area contributed by atoms with Crippen molar-refractivity contribution in [2.24, 2.45) is 23.7 Å². The van der Waals surface area contributed by atoms with Gasteiger partial charge in [0.1, 0.15) is 5.51 Å². The van der Waals surface area contributed by atoms with Crippen molar-refractivity contribution in [2.45, 2.75) is 19.3 Å². The van der Waals surface area contributed by atoms with Crippen LogP contribution >= 0.6 is 11.3 Å². The number of aromatic nitrogens is 2. The largest absolute Gasteiger partial charge is 0.481 e. The molecule has 2 fully saturated rings. The molecule has 7 heteroatoms. The molecule has 0 radical (unpaired) electrons. The van der Waals surface area contributed by atoms with Gasteiger partial charge in [-0.15, -0.1) is 10.2 Å². The number of amides is 1. The zero-order valence-electron chi connectivity index (χ0n) is 9.57. The zero-order valence-corrected chi connectivity index (χ0v) is 10.4. The van der Waals surface area contributed by atoms with Crippen LogP contribution in [0, 0.1) is 23.7 Å². The van der Waals surface area contributed by atoms with E-state index in [1.54, 1.807) is 0 Å². The second kappa shape index (κ2) is 4.31. The van der Waals surface area contributed by atoms with Gasteiger partial charge in [-0.05, 0) is 31.1 Å². The molecule has 0 saturated heterocycles. The minimum atomic E-state index is -0.848. The van der Waals surface area contributed by atoms with Gasteiger partial charge in [-0.3, -0.25) is 9.59 Å². The Morgan fingerprint density at radius 2 is 2.06 bits per heavy atom. The third-order valence-electron chi connectivity index (χ3n) is 4.09. The molecule has 1 heterocycles. The highest BCUT2D eigenvalue weighted by molar-refractivity contribution is 7.13. The quantitative estimate of drug-likeness (QED) is 0.859. The third-order valence-corrected chi connectivity index (χ3v) is 4.70. The van der Waals surface area contributed by atoms with Gasteiger partial charge in [0.25, 0.3) is 0 Å². The molecule has 0 unspecified atom stereocenters. The van der Waals surface area contributed by atoms with Gasteiger partial charge in [0.2, 0.25) is 11.0 Å². The Balaban J connectivity index is 1.78. The number of carbonyl (C=O) groups excluding carboxylic acids is 1. The van der Waals surface area contributed by atoms with Crippen molar-refractivity contribution < 1.29 is 14.7 Å². The van der Waals surface area contributed by atoms with Gasteiger partial charge in [-0.2, -0.15) is 0 Å². The Morgan fingerprint density at radius 3 is 2.67 bits per heavy atom. The number of hydrogen-bond acceptors (Lipinski definition) is 5. The summed E-state index contributed by atoms with van der Waals surface area (Å²) in [6.45, 7) is 0. The van der Waals surface area contributed by atoms with Crippen LogP contribution in [0.5, 0.6) is 0 Å². The number of carboxylic acid groups (broad SMARTS) is 1. The number of carbonyl (C=O) groups is 2. The third kappa shape index (κ3) is 1.78. The molecule has 2 aliphatic rings. The van der Waals surface area contributed by atoms with Crippen LogP contribution in [0.1, 0.15) is 19.3 Å². The van der Waals surface area contributed by atoms with E-state index < -0.39 is 17.8 Å². The number of carboxylic acids is 1. The van der Waals surface area contributed by atoms with Crippen molar-refractivity contribution in [3.05, 3.63) is 5.51 Å². The maximum atomic E-state index is 12.2. The molecule has 1 aromatic rings. The monoisotopic (exact) mass is 267 g/mol. The van der Waals surface area contributed by atoms with Crippen molar-refractivity contribution in [1.82, 2.24) is 10.2 Å². The highest BCUT2D eigenvalue weighted by Gasteiger charge is 2.54. The van der Waals surface area contributed by atoms with E-state index in [0.717, 1.165) is 19.3 Å². The first-order valence-corrected chi connectivity index (χ1v) is 6.84. The fraction of sp³-hybridized carbons (Fsp3) is 0.636. The molecule has 2 N–H and O–H groups in total. The number of nitrogens with one attached hydrogen (secondary N) is 1. The Kier molecular flexibility index (Phi) is 2.77. The van der Waals surface area contributed by atoms with Crippen molar-refractivity contribution in [2.75, 3.05) is 5.32 Å². The number of nitrogens with zero attached hydrogens (tertiary/aromatic N) is 2. The average molecular weight is 267 g/mol. The Bertz CT molecular complexity index is 476. The number of fused-ring (bicyclic) bond motifs is 2. The molecule has 2 bridgehead atoms. The number of aliphatic carboxylic acids is 1. The normalized spacial score (nSPS) is 33.6. The van der Waals surface area contributed by atoms with E-state index in [-0.39, 0.29) is 17.7 Å². The lowest BCUT2D eigenvalue weighted by Crippen LogP contribution is -2.37. The van der Waals surface area contributed by atoms with Gasteiger partial charge in [0.05, 0.1) is 11.8 Å². The number of hydrogen-bond donors (Lipinski definition) is 2. The molecular formula is C11H13N3O3S. The van der Waals surface area contributed by atoms with Gasteiger partial charge in [-0.25, -0.2) is 0 Å². The van der Waals surface area contributed by atoms with Crippen LogP contribution in [0.15, 0.2) is 5.51 Å². The summed E-state index contributed by atoms with van der Waals surface area (Å²) >= 11 is 1.24. The lowest BCUT2D eigenvalue weighted by atomic mass is 9.79. The Labute approximate surface area is 107 Å². The molecular weight excluding hydrogens is 254 g/mol. The summed E-state index contributed by atoms with van der Waals surface area (Å²) in [4.78, 5) is 23.5. The highest BCUT2D eigenvalue weighted by Crippen LogP contribution is 2.52. The number of rotatable bonds is 3. The molecule has 2 saturated carbocycles. The van der Waals surface area contributed by atoms with E-state index in [1.807, 2.05) is 0 Å². The van der Waals surface area contributed by atoms with E-state index in [9.17, 15) is 14.7 Å². The van der Waals surface area contributed by atoms with Crippen LogP contribution in [-0.2, 0) is 9.59 Å². The van der Waals surface area contributed by atoms with Gasteiger partial charge in [0, 0.05) is 0 Å². The van der Waals surface area contributed by atoms with Gasteiger partial charge in [0.15, 0.2) is 0 Å². The maximum Gasteiger partial charge on any atom is 0.307 e. The summed E-state index contributed by atoms with van der Waals surface area (Å²) in [5, 5.41) is 19.8. The molecule has 6 nitrogen and oxygen atoms in total. The smallest absolute Gasteiger partial charge is 0.307 e. The Morgan fingerprint density at radius 1 is 1.33 bits per heavy atom. The second-order valence-electron chi connectivity index (χ2n) is 4.96. The van der Waals surface area contributed by atoms with Gasteiger partial charge >= 0.3 is 5.97 Å². The van der Waals surface area contributed by atoms with Crippen molar-refractivity contribution in [1.29, 1.82) is 0 Å². The van der Waals surface area contributed by atoms with Gasteiger partial charge < -0.3 is 10.4 Å². The van der Waals surface area contributed by atoms with Crippen molar-refractivity contribution >= 4 is 28.3 Å². The second-order valence-corrected chi connectivity index (χ2v) is 5.79. The minimum absolute atomic E-state index is 0.165. The SMILES string of the molecule is O=C(O)[C@H]1[C@@H]2CC[C@@H](C2)[C@@H]1C(=O)Nc1nncs1. The van der Waals surface area contributed by atoms with Crippen LogP contribution in [0.25, 0.3) is 0 Å². The average Bonchev–Trinajstić information content (AvgIpc) is 3.03. The summed E-state index contributed by atoms with van der Waals surface area (Å²) in [5.74, 6) is -1.63. The molecule has 18 heavy (non-hydrogen) atoms. The van der Waals surface area contributed by atoms with Crippen molar-refractivity contribution in [3.63, 3.8) is 0 Å². The maximum absolute atomic E-state index is 12.2. The first-order chi connectivity index (χ1) is 8.66. The zero-order chi connectivity index (χ0) is 12.7. The fourth-order valence-corrected chi connectivity index (χ4v) is 3.89.